The van der Waals surface area contributed by atoms with E-state index in [0.29, 0.717) is 11.4 Å². The highest BCUT2D eigenvalue weighted by molar-refractivity contribution is 5.96. The summed E-state index contributed by atoms with van der Waals surface area (Å²) < 4.78 is 5.13. The third-order valence-corrected chi connectivity index (χ3v) is 3.83. The number of benzene rings is 2. The van der Waals surface area contributed by atoms with Crippen molar-refractivity contribution in [3.05, 3.63) is 54.6 Å². The summed E-state index contributed by atoms with van der Waals surface area (Å²) >= 11 is 0. The summed E-state index contributed by atoms with van der Waals surface area (Å²) in [6, 6.07) is 15.9. The van der Waals surface area contributed by atoms with E-state index in [1.165, 1.54) is 0 Å². The van der Waals surface area contributed by atoms with Crippen molar-refractivity contribution in [3.8, 4) is 5.75 Å². The van der Waals surface area contributed by atoms with Crippen LogP contribution in [0.2, 0.25) is 0 Å². The van der Waals surface area contributed by atoms with Crippen LogP contribution in [0.15, 0.2) is 54.6 Å². The summed E-state index contributed by atoms with van der Waals surface area (Å²) in [5.41, 5.74) is 1.38. The fourth-order valence-corrected chi connectivity index (χ4v) is 2.23. The minimum absolute atomic E-state index is 0.0978. The zero-order valence-corrected chi connectivity index (χ0v) is 14.7. The normalized spacial score (nSPS) is 11.7. The highest BCUT2D eigenvalue weighted by Crippen LogP contribution is 2.16. The smallest absolute Gasteiger partial charge is 0.241 e. The number of likely N-dealkylation sites (N-methyl/N-ethyl adjacent to an activating group) is 1. The molecular formula is C19H23N3O3. The first-order chi connectivity index (χ1) is 12.0. The lowest BCUT2D eigenvalue weighted by atomic mass is 10.2. The Morgan fingerprint density at radius 3 is 2.40 bits per heavy atom. The number of carbonyl (C=O) groups is 2. The van der Waals surface area contributed by atoms with Crippen LogP contribution in [0.1, 0.15) is 6.92 Å². The van der Waals surface area contributed by atoms with Crippen molar-refractivity contribution < 1.29 is 14.3 Å². The number of hydrogen-bond acceptors (Lipinski definition) is 4. The summed E-state index contributed by atoms with van der Waals surface area (Å²) in [4.78, 5) is 26.1. The van der Waals surface area contributed by atoms with E-state index in [0.717, 1.165) is 5.69 Å². The molecule has 0 aliphatic heterocycles. The molecule has 0 radical (unpaired) electrons. The monoisotopic (exact) mass is 341 g/mol. The highest BCUT2D eigenvalue weighted by Gasteiger charge is 2.20. The van der Waals surface area contributed by atoms with Gasteiger partial charge >= 0.3 is 0 Å². The fourth-order valence-electron chi connectivity index (χ4n) is 2.23. The zero-order valence-electron chi connectivity index (χ0n) is 14.7. The molecule has 0 unspecified atom stereocenters. The van der Waals surface area contributed by atoms with Crippen molar-refractivity contribution in [2.45, 2.75) is 13.0 Å². The van der Waals surface area contributed by atoms with E-state index in [9.17, 15) is 9.59 Å². The van der Waals surface area contributed by atoms with Gasteiger partial charge in [0.25, 0.3) is 0 Å². The summed E-state index contributed by atoms with van der Waals surface area (Å²) in [6.07, 6.45) is 0. The van der Waals surface area contributed by atoms with Gasteiger partial charge in [-0.25, -0.2) is 0 Å². The Balaban J connectivity index is 1.87. The van der Waals surface area contributed by atoms with Gasteiger partial charge in [0.05, 0.1) is 19.7 Å². The second-order valence-electron chi connectivity index (χ2n) is 5.73. The largest absolute Gasteiger partial charge is 0.497 e. The average molecular weight is 341 g/mol. The molecule has 132 valence electrons. The minimum Gasteiger partial charge on any atom is -0.497 e. The third kappa shape index (κ3) is 5.61. The molecule has 0 saturated heterocycles. The van der Waals surface area contributed by atoms with E-state index < -0.39 is 6.04 Å². The quantitative estimate of drug-likeness (QED) is 0.812. The van der Waals surface area contributed by atoms with E-state index in [2.05, 4.69) is 10.6 Å². The maximum atomic E-state index is 12.3. The van der Waals surface area contributed by atoms with Crippen LogP contribution in [0, 0.1) is 0 Å². The Bertz CT molecular complexity index is 719. The molecule has 6 nitrogen and oxygen atoms in total. The predicted molar refractivity (Wildman–Crippen MR) is 98.8 cm³/mol. The summed E-state index contributed by atoms with van der Waals surface area (Å²) in [5.74, 6) is 0.305. The van der Waals surface area contributed by atoms with Gasteiger partial charge in [-0.05, 0) is 38.2 Å². The Morgan fingerprint density at radius 1 is 1.04 bits per heavy atom. The van der Waals surface area contributed by atoms with Crippen LogP contribution in [0.3, 0.4) is 0 Å². The number of anilines is 2. The van der Waals surface area contributed by atoms with E-state index in [1.54, 1.807) is 50.2 Å². The van der Waals surface area contributed by atoms with Crippen LogP contribution in [0.25, 0.3) is 0 Å². The van der Waals surface area contributed by atoms with Crippen LogP contribution in [0.4, 0.5) is 11.4 Å². The SMILES string of the molecule is COc1cccc(NC(=O)CN(C)[C@@H](C)C(=O)Nc2ccccc2)c1. The maximum absolute atomic E-state index is 12.3. The summed E-state index contributed by atoms with van der Waals surface area (Å²) in [5, 5.41) is 5.63. The predicted octanol–water partition coefficient (Wildman–Crippen LogP) is 2.59. The first kappa shape index (κ1) is 18.5. The van der Waals surface area contributed by atoms with Gasteiger partial charge in [0.15, 0.2) is 0 Å². The molecule has 0 aliphatic carbocycles. The molecule has 0 fully saturated rings. The van der Waals surface area contributed by atoms with Gasteiger partial charge < -0.3 is 15.4 Å². The van der Waals surface area contributed by atoms with Crippen molar-refractivity contribution in [2.24, 2.45) is 0 Å². The molecule has 25 heavy (non-hydrogen) atoms. The molecule has 2 rings (SSSR count). The number of amides is 2. The molecule has 0 aromatic heterocycles. The first-order valence-electron chi connectivity index (χ1n) is 7.99. The molecule has 2 amide bonds. The van der Waals surface area contributed by atoms with E-state index in [1.807, 2.05) is 30.3 Å². The number of para-hydroxylation sites is 1. The zero-order chi connectivity index (χ0) is 18.2. The number of carbonyl (C=O) groups excluding carboxylic acids is 2. The molecule has 1 atom stereocenters. The molecule has 2 N–H and O–H groups in total. The molecule has 0 spiro atoms. The Morgan fingerprint density at radius 2 is 1.72 bits per heavy atom. The minimum atomic E-state index is -0.448. The van der Waals surface area contributed by atoms with Crippen molar-refractivity contribution in [1.82, 2.24) is 4.90 Å². The third-order valence-electron chi connectivity index (χ3n) is 3.83. The number of nitrogens with zero attached hydrogens (tertiary/aromatic N) is 1. The van der Waals surface area contributed by atoms with Crippen molar-refractivity contribution in [3.63, 3.8) is 0 Å². The topological polar surface area (TPSA) is 70.7 Å². The van der Waals surface area contributed by atoms with Gasteiger partial charge in [-0.1, -0.05) is 24.3 Å². The lowest BCUT2D eigenvalue weighted by Crippen LogP contribution is -2.43. The molecule has 0 heterocycles. The summed E-state index contributed by atoms with van der Waals surface area (Å²) in [6.45, 7) is 1.86. The highest BCUT2D eigenvalue weighted by atomic mass is 16.5. The Kier molecular flexibility index (Phi) is 6.54. The molecule has 0 saturated carbocycles. The van der Waals surface area contributed by atoms with Gasteiger partial charge in [-0.3, -0.25) is 14.5 Å². The molecule has 2 aromatic carbocycles. The standard InChI is InChI=1S/C19H23N3O3/c1-14(19(24)21-15-8-5-4-6-9-15)22(2)13-18(23)20-16-10-7-11-17(12-16)25-3/h4-12,14H,13H2,1-3H3,(H,20,23)(H,21,24)/t14-/m0/s1. The van der Waals surface area contributed by atoms with Crippen LogP contribution in [-0.4, -0.2) is 43.5 Å². The van der Waals surface area contributed by atoms with Crippen molar-refractivity contribution in [1.29, 1.82) is 0 Å². The lowest BCUT2D eigenvalue weighted by molar-refractivity contribution is -0.122. The number of hydrogen-bond donors (Lipinski definition) is 2. The second-order valence-corrected chi connectivity index (χ2v) is 5.73. The van der Waals surface area contributed by atoms with Crippen molar-refractivity contribution in [2.75, 3.05) is 31.3 Å². The fraction of sp³-hybridized carbons (Fsp3) is 0.263. The van der Waals surface area contributed by atoms with E-state index in [-0.39, 0.29) is 18.4 Å². The Hall–Kier alpha value is -2.86. The van der Waals surface area contributed by atoms with Gasteiger partial charge in [-0.2, -0.15) is 0 Å². The van der Waals surface area contributed by atoms with Gasteiger partial charge in [0.2, 0.25) is 11.8 Å². The van der Waals surface area contributed by atoms with Crippen LogP contribution >= 0.6 is 0 Å². The first-order valence-corrected chi connectivity index (χ1v) is 7.99. The average Bonchev–Trinajstić information content (AvgIpc) is 2.61. The molecule has 2 aromatic rings. The second kappa shape index (κ2) is 8.84. The van der Waals surface area contributed by atoms with Gasteiger partial charge in [-0.15, -0.1) is 0 Å². The van der Waals surface area contributed by atoms with Crippen LogP contribution in [-0.2, 0) is 9.59 Å². The number of nitrogens with one attached hydrogen (secondary N) is 2. The number of rotatable bonds is 7. The van der Waals surface area contributed by atoms with Gasteiger partial charge in [0.1, 0.15) is 5.75 Å². The van der Waals surface area contributed by atoms with E-state index in [4.69, 9.17) is 4.74 Å². The lowest BCUT2D eigenvalue weighted by Gasteiger charge is -2.23. The molecular weight excluding hydrogens is 318 g/mol. The Labute approximate surface area is 147 Å². The van der Waals surface area contributed by atoms with Gasteiger partial charge in [0, 0.05) is 17.4 Å². The summed E-state index contributed by atoms with van der Waals surface area (Å²) in [7, 11) is 3.31. The molecule has 0 aliphatic rings. The van der Waals surface area contributed by atoms with Crippen LogP contribution < -0.4 is 15.4 Å². The maximum Gasteiger partial charge on any atom is 0.241 e. The van der Waals surface area contributed by atoms with Crippen LogP contribution in [0.5, 0.6) is 5.75 Å². The molecule has 0 bridgehead atoms. The number of ether oxygens (including phenoxy) is 1. The molecule has 6 heteroatoms. The van der Waals surface area contributed by atoms with Crippen molar-refractivity contribution >= 4 is 23.2 Å². The van der Waals surface area contributed by atoms with E-state index >= 15 is 0 Å². The number of methoxy groups -OCH3 is 1.